The largest absolute Gasteiger partial charge is 0.481 e. The molecule has 0 radical (unpaired) electrons. The third kappa shape index (κ3) is 9.18. The molecule has 1 atom stereocenters. The van der Waals surface area contributed by atoms with Crippen molar-refractivity contribution in [1.29, 1.82) is 0 Å². The fourth-order valence-corrected chi connectivity index (χ4v) is 2.48. The molecule has 1 heterocycles. The van der Waals surface area contributed by atoms with E-state index in [0.29, 0.717) is 0 Å². The summed E-state index contributed by atoms with van der Waals surface area (Å²) in [5.41, 5.74) is 0. The molecule has 1 rings (SSSR count). The van der Waals surface area contributed by atoms with Crippen molar-refractivity contribution in [2.75, 3.05) is 0 Å². The Balaban J connectivity index is 2.28. The second-order valence-electron chi connectivity index (χ2n) is 5.96. The zero-order valence-corrected chi connectivity index (χ0v) is 14.2. The third-order valence-electron chi connectivity index (χ3n) is 3.86. The maximum atomic E-state index is 10.4. The Bertz CT molecular complexity index is 469. The summed E-state index contributed by atoms with van der Waals surface area (Å²) in [7, 11) is 0. The molecule has 0 saturated carbocycles. The van der Waals surface area contributed by atoms with E-state index in [1.54, 1.807) is 6.20 Å². The summed E-state index contributed by atoms with van der Waals surface area (Å²) in [6.07, 6.45) is 16.0. The highest BCUT2D eigenvalue weighted by Gasteiger charge is 2.03. The topological polar surface area (TPSA) is 75.3 Å². The molecule has 130 valence electrons. The second kappa shape index (κ2) is 11.9. The molecule has 5 heteroatoms. The van der Waals surface area contributed by atoms with E-state index in [1.165, 1.54) is 0 Å². The number of carboxylic acid groups (broad SMARTS) is 1. The summed E-state index contributed by atoms with van der Waals surface area (Å²) >= 11 is 0. The van der Waals surface area contributed by atoms with E-state index in [9.17, 15) is 9.90 Å². The number of hydrogen-bond acceptors (Lipinski definition) is 3. The van der Waals surface area contributed by atoms with Gasteiger partial charge in [0.15, 0.2) is 0 Å². The molecule has 0 amide bonds. The van der Waals surface area contributed by atoms with Crippen molar-refractivity contribution in [1.82, 2.24) is 9.55 Å². The van der Waals surface area contributed by atoms with Gasteiger partial charge in [0.2, 0.25) is 0 Å². The molecule has 0 aliphatic heterocycles. The Morgan fingerprint density at radius 2 is 2.04 bits per heavy atom. The summed E-state index contributed by atoms with van der Waals surface area (Å²) in [5, 5.41) is 18.5. The predicted octanol–water partition coefficient (Wildman–Crippen LogP) is 3.87. The molecule has 1 aromatic heterocycles. The van der Waals surface area contributed by atoms with Gasteiger partial charge in [0.1, 0.15) is 5.82 Å². The van der Waals surface area contributed by atoms with Crippen molar-refractivity contribution in [3.63, 3.8) is 0 Å². The van der Waals surface area contributed by atoms with E-state index in [2.05, 4.69) is 11.9 Å². The van der Waals surface area contributed by atoms with Crippen molar-refractivity contribution in [2.45, 2.75) is 77.2 Å². The number of hydrogen-bond donors (Lipinski definition) is 2. The Kier molecular flexibility index (Phi) is 10.0. The lowest BCUT2D eigenvalue weighted by molar-refractivity contribution is -0.137. The summed E-state index contributed by atoms with van der Waals surface area (Å²) in [6.45, 7) is 2.15. The Hall–Kier alpha value is -1.62. The first-order valence-corrected chi connectivity index (χ1v) is 8.73. The predicted molar refractivity (Wildman–Crippen MR) is 92.1 cm³/mol. The first-order chi connectivity index (χ1) is 11.1. The van der Waals surface area contributed by atoms with Crippen LogP contribution in [-0.4, -0.2) is 31.8 Å². The average Bonchev–Trinajstić information content (AvgIpc) is 2.96. The van der Waals surface area contributed by atoms with Crippen LogP contribution in [0.25, 0.3) is 6.20 Å². The summed E-state index contributed by atoms with van der Waals surface area (Å²) in [5.74, 6) is 0.267. The monoisotopic (exact) mass is 322 g/mol. The number of carboxylic acids is 1. The van der Waals surface area contributed by atoms with Crippen LogP contribution >= 0.6 is 0 Å². The highest BCUT2D eigenvalue weighted by Crippen LogP contribution is 2.10. The van der Waals surface area contributed by atoms with Gasteiger partial charge in [-0.25, -0.2) is 4.98 Å². The number of aryl methyl sites for hydroxylation is 1. The molecule has 0 aliphatic rings. The zero-order valence-electron chi connectivity index (χ0n) is 14.2. The summed E-state index contributed by atoms with van der Waals surface area (Å²) < 4.78 is 1.96. The van der Waals surface area contributed by atoms with Crippen molar-refractivity contribution in [2.24, 2.45) is 0 Å². The molecule has 0 fully saturated rings. The fourth-order valence-electron chi connectivity index (χ4n) is 2.48. The van der Waals surface area contributed by atoms with Crippen molar-refractivity contribution >= 4 is 12.2 Å². The number of aliphatic hydroxyl groups is 1. The number of aliphatic hydroxyl groups excluding tert-OH is 1. The minimum absolute atomic E-state index is 0.257. The van der Waals surface area contributed by atoms with Crippen LogP contribution in [0.5, 0.6) is 0 Å². The van der Waals surface area contributed by atoms with Crippen molar-refractivity contribution in [3.8, 4) is 0 Å². The maximum Gasteiger partial charge on any atom is 0.303 e. The quantitative estimate of drug-likeness (QED) is 0.541. The number of imidazole rings is 1. The van der Waals surface area contributed by atoms with Crippen LogP contribution in [0.15, 0.2) is 18.5 Å². The van der Waals surface area contributed by atoms with Crippen LogP contribution in [-0.2, 0) is 11.2 Å². The number of aliphatic carboxylic acids is 1. The molecule has 23 heavy (non-hydrogen) atoms. The van der Waals surface area contributed by atoms with Crippen LogP contribution in [0, 0.1) is 0 Å². The second-order valence-corrected chi connectivity index (χ2v) is 5.96. The number of nitrogens with zero attached hydrogens (tertiary/aromatic N) is 2. The number of carbonyl (C=O) groups is 1. The normalized spacial score (nSPS) is 12.8. The smallest absolute Gasteiger partial charge is 0.303 e. The molecule has 0 saturated heterocycles. The molecular formula is C18H30N2O3. The van der Waals surface area contributed by atoms with Crippen LogP contribution in [0.3, 0.4) is 0 Å². The lowest BCUT2D eigenvalue weighted by atomic mass is 10.1. The molecule has 0 aliphatic carbocycles. The Labute approximate surface area is 139 Å². The molecule has 1 unspecified atom stereocenters. The van der Waals surface area contributed by atoms with Gasteiger partial charge in [0.25, 0.3) is 0 Å². The number of unbranched alkanes of at least 4 members (excludes halogenated alkanes) is 5. The molecule has 0 aromatic carbocycles. The van der Waals surface area contributed by atoms with Gasteiger partial charge in [-0.15, -0.1) is 0 Å². The van der Waals surface area contributed by atoms with Gasteiger partial charge >= 0.3 is 5.97 Å². The molecule has 1 aromatic rings. The van der Waals surface area contributed by atoms with E-state index in [0.717, 1.165) is 63.6 Å². The van der Waals surface area contributed by atoms with Gasteiger partial charge in [-0.2, -0.15) is 0 Å². The minimum atomic E-state index is -0.719. The summed E-state index contributed by atoms with van der Waals surface area (Å²) in [6, 6.07) is 0. The standard InChI is InChI=1S/C18H30N2O3/c1-2-3-6-9-16(21)12-14-20-15-13-19-17(20)10-7-4-5-8-11-18(22)23/h12-16,21H,2-11H2,1H3,(H,22,23)/b14-12+. The van der Waals surface area contributed by atoms with E-state index in [-0.39, 0.29) is 6.42 Å². The van der Waals surface area contributed by atoms with Crippen molar-refractivity contribution in [3.05, 3.63) is 24.3 Å². The molecule has 0 bridgehead atoms. The SMILES string of the molecule is CCCCCC(O)/C=C/n1ccnc1CCCCCCC(=O)O. The Morgan fingerprint density at radius 3 is 2.78 bits per heavy atom. The van der Waals surface area contributed by atoms with Gasteiger partial charge in [-0.3, -0.25) is 4.79 Å². The third-order valence-corrected chi connectivity index (χ3v) is 3.86. The van der Waals surface area contributed by atoms with Gasteiger partial charge in [-0.1, -0.05) is 39.0 Å². The van der Waals surface area contributed by atoms with E-state index in [4.69, 9.17) is 5.11 Å². The number of rotatable bonds is 13. The van der Waals surface area contributed by atoms with Gasteiger partial charge < -0.3 is 14.8 Å². The van der Waals surface area contributed by atoms with Gasteiger partial charge in [-0.05, 0) is 25.3 Å². The highest BCUT2D eigenvalue weighted by molar-refractivity contribution is 5.66. The van der Waals surface area contributed by atoms with Gasteiger partial charge in [0.05, 0.1) is 6.10 Å². The number of aromatic nitrogens is 2. The van der Waals surface area contributed by atoms with E-state index in [1.807, 2.05) is 23.0 Å². The first-order valence-electron chi connectivity index (χ1n) is 8.73. The van der Waals surface area contributed by atoms with Crippen molar-refractivity contribution < 1.29 is 15.0 Å². The average molecular weight is 322 g/mol. The highest BCUT2D eigenvalue weighted by atomic mass is 16.4. The first kappa shape index (κ1) is 19.4. The zero-order chi connectivity index (χ0) is 16.9. The summed E-state index contributed by atoms with van der Waals surface area (Å²) in [4.78, 5) is 14.8. The maximum absolute atomic E-state index is 10.4. The lowest BCUT2D eigenvalue weighted by Crippen LogP contribution is -2.03. The molecular weight excluding hydrogens is 292 g/mol. The fraction of sp³-hybridized carbons (Fsp3) is 0.667. The van der Waals surface area contributed by atoms with E-state index < -0.39 is 12.1 Å². The lowest BCUT2D eigenvalue weighted by Gasteiger charge is -2.06. The van der Waals surface area contributed by atoms with Crippen LogP contribution in [0.2, 0.25) is 0 Å². The van der Waals surface area contributed by atoms with Gasteiger partial charge in [0, 0.05) is 31.4 Å². The van der Waals surface area contributed by atoms with Crippen LogP contribution < -0.4 is 0 Å². The van der Waals surface area contributed by atoms with Crippen LogP contribution in [0.4, 0.5) is 0 Å². The molecule has 0 spiro atoms. The minimum Gasteiger partial charge on any atom is -0.481 e. The van der Waals surface area contributed by atoms with Crippen LogP contribution in [0.1, 0.15) is 70.5 Å². The van der Waals surface area contributed by atoms with E-state index >= 15 is 0 Å². The molecule has 5 nitrogen and oxygen atoms in total. The molecule has 2 N–H and O–H groups in total. The Morgan fingerprint density at radius 1 is 1.26 bits per heavy atom.